The lowest BCUT2D eigenvalue weighted by atomic mass is 9.84. The summed E-state index contributed by atoms with van der Waals surface area (Å²) in [7, 11) is 0. The molecule has 1 aliphatic rings. The second-order valence-corrected chi connectivity index (χ2v) is 5.12. The fraction of sp³-hybridized carbons (Fsp3) is 0.500. The lowest BCUT2D eigenvalue weighted by molar-refractivity contribution is -0.143. The van der Waals surface area contributed by atoms with Crippen LogP contribution in [-0.4, -0.2) is 28.1 Å². The number of aliphatic carboxylic acids is 1. The number of nitrogens with one attached hydrogen (secondary N) is 2. The molecule has 2 amide bonds. The fourth-order valence-electron chi connectivity index (χ4n) is 2.48. The molecule has 20 heavy (non-hydrogen) atoms. The van der Waals surface area contributed by atoms with E-state index in [9.17, 15) is 9.59 Å². The first-order valence-corrected chi connectivity index (χ1v) is 6.79. The zero-order valence-electron chi connectivity index (χ0n) is 11.4. The zero-order chi connectivity index (χ0) is 14.5. The third-order valence-electron chi connectivity index (χ3n) is 3.57. The van der Waals surface area contributed by atoms with Crippen molar-refractivity contribution in [3.8, 4) is 0 Å². The fourth-order valence-corrected chi connectivity index (χ4v) is 2.48. The minimum Gasteiger partial charge on any atom is -0.481 e. The van der Waals surface area contributed by atoms with Gasteiger partial charge in [0.05, 0.1) is 17.8 Å². The molecule has 2 atom stereocenters. The van der Waals surface area contributed by atoms with Gasteiger partial charge >= 0.3 is 12.0 Å². The van der Waals surface area contributed by atoms with Gasteiger partial charge in [-0.25, -0.2) is 4.79 Å². The summed E-state index contributed by atoms with van der Waals surface area (Å²) in [5.74, 6) is -1.34. The van der Waals surface area contributed by atoms with Crippen molar-refractivity contribution >= 4 is 17.7 Å². The van der Waals surface area contributed by atoms with Crippen molar-refractivity contribution in [2.45, 2.75) is 38.6 Å². The van der Waals surface area contributed by atoms with E-state index in [4.69, 9.17) is 5.11 Å². The zero-order valence-corrected chi connectivity index (χ0v) is 11.4. The van der Waals surface area contributed by atoms with E-state index in [2.05, 4.69) is 15.6 Å². The van der Waals surface area contributed by atoms with Gasteiger partial charge in [-0.2, -0.15) is 0 Å². The predicted octanol–water partition coefficient (Wildman–Crippen LogP) is 2.15. The summed E-state index contributed by atoms with van der Waals surface area (Å²) in [5, 5.41) is 14.6. The van der Waals surface area contributed by atoms with E-state index in [1.54, 1.807) is 18.3 Å². The topological polar surface area (TPSA) is 91.3 Å². The lowest BCUT2D eigenvalue weighted by Crippen LogP contribution is -2.46. The molecule has 2 rings (SSSR count). The average Bonchev–Trinajstić information content (AvgIpc) is 2.41. The van der Waals surface area contributed by atoms with Crippen molar-refractivity contribution in [1.82, 2.24) is 10.3 Å². The van der Waals surface area contributed by atoms with Crippen molar-refractivity contribution in [3.63, 3.8) is 0 Å². The number of carboxylic acid groups (broad SMARTS) is 1. The second kappa shape index (κ2) is 6.36. The smallest absolute Gasteiger partial charge is 0.319 e. The van der Waals surface area contributed by atoms with Crippen LogP contribution in [0.1, 0.15) is 31.4 Å². The van der Waals surface area contributed by atoms with Gasteiger partial charge in [-0.05, 0) is 31.9 Å². The Hall–Kier alpha value is -2.11. The Morgan fingerprint density at radius 3 is 2.70 bits per heavy atom. The van der Waals surface area contributed by atoms with Gasteiger partial charge in [0.2, 0.25) is 0 Å². The van der Waals surface area contributed by atoms with Gasteiger partial charge in [0.1, 0.15) is 0 Å². The Kier molecular flexibility index (Phi) is 4.55. The average molecular weight is 277 g/mol. The summed E-state index contributed by atoms with van der Waals surface area (Å²) < 4.78 is 0. The van der Waals surface area contributed by atoms with Crippen LogP contribution in [0.3, 0.4) is 0 Å². The maximum atomic E-state index is 11.9. The number of carboxylic acids is 1. The molecular formula is C14H19N3O3. The van der Waals surface area contributed by atoms with Gasteiger partial charge in [-0.1, -0.05) is 12.8 Å². The number of amides is 2. The highest BCUT2D eigenvalue weighted by atomic mass is 16.4. The predicted molar refractivity (Wildman–Crippen MR) is 74.5 cm³/mol. The molecule has 0 spiro atoms. The van der Waals surface area contributed by atoms with Crippen molar-refractivity contribution in [2.24, 2.45) is 5.92 Å². The molecule has 6 nitrogen and oxygen atoms in total. The number of rotatable bonds is 3. The summed E-state index contributed by atoms with van der Waals surface area (Å²) in [6.45, 7) is 1.86. The second-order valence-electron chi connectivity index (χ2n) is 5.12. The van der Waals surface area contributed by atoms with E-state index in [1.807, 2.05) is 6.92 Å². The minimum atomic E-state index is -0.841. The molecule has 1 heterocycles. The van der Waals surface area contributed by atoms with Crippen LogP contribution in [0.25, 0.3) is 0 Å². The number of hydrogen-bond donors (Lipinski definition) is 3. The van der Waals surface area contributed by atoms with Crippen LogP contribution >= 0.6 is 0 Å². The van der Waals surface area contributed by atoms with Gasteiger partial charge in [0, 0.05) is 11.7 Å². The summed E-state index contributed by atoms with van der Waals surface area (Å²) in [5.41, 5.74) is 1.46. The number of carbonyl (C=O) groups excluding carboxylic acids is 1. The monoisotopic (exact) mass is 277 g/mol. The summed E-state index contributed by atoms with van der Waals surface area (Å²) in [6.07, 6.45) is 4.74. The van der Waals surface area contributed by atoms with Crippen LogP contribution in [0.4, 0.5) is 10.5 Å². The van der Waals surface area contributed by atoms with Crippen molar-refractivity contribution < 1.29 is 14.7 Å². The first-order chi connectivity index (χ1) is 9.56. The number of carbonyl (C=O) groups is 2. The largest absolute Gasteiger partial charge is 0.481 e. The number of hydrogen-bond acceptors (Lipinski definition) is 3. The van der Waals surface area contributed by atoms with E-state index in [1.165, 1.54) is 0 Å². The van der Waals surface area contributed by atoms with Crippen LogP contribution in [-0.2, 0) is 4.79 Å². The Balaban J connectivity index is 1.92. The summed E-state index contributed by atoms with van der Waals surface area (Å²) in [4.78, 5) is 27.1. The lowest BCUT2D eigenvalue weighted by Gasteiger charge is -2.29. The Morgan fingerprint density at radius 2 is 2.05 bits per heavy atom. The molecule has 0 aliphatic heterocycles. The highest BCUT2D eigenvalue weighted by Crippen LogP contribution is 2.24. The maximum absolute atomic E-state index is 11.9. The Morgan fingerprint density at radius 1 is 1.30 bits per heavy atom. The van der Waals surface area contributed by atoms with Gasteiger partial charge in [-0.15, -0.1) is 0 Å². The molecule has 1 fully saturated rings. The van der Waals surface area contributed by atoms with E-state index >= 15 is 0 Å². The van der Waals surface area contributed by atoms with Gasteiger partial charge in [-0.3, -0.25) is 9.78 Å². The van der Waals surface area contributed by atoms with Crippen LogP contribution in [0.5, 0.6) is 0 Å². The molecule has 1 aromatic heterocycles. The number of nitrogens with zero attached hydrogens (tertiary/aromatic N) is 1. The Bertz CT molecular complexity index is 487. The standard InChI is InChI=1S/C14H19N3O3/c1-9-6-7-10(8-15-9)16-14(20)17-12-5-3-2-4-11(12)13(18)19/h6-8,11-12H,2-5H2,1H3,(H,18,19)(H2,16,17,20). The first-order valence-electron chi connectivity index (χ1n) is 6.79. The number of aromatic nitrogens is 1. The molecule has 1 aliphatic carbocycles. The van der Waals surface area contributed by atoms with Crippen molar-refractivity contribution in [1.29, 1.82) is 0 Å². The minimum absolute atomic E-state index is 0.306. The van der Waals surface area contributed by atoms with E-state index in [0.29, 0.717) is 18.5 Å². The molecule has 2 unspecified atom stereocenters. The molecule has 0 saturated heterocycles. The van der Waals surface area contributed by atoms with Crippen LogP contribution in [0.15, 0.2) is 18.3 Å². The van der Waals surface area contributed by atoms with E-state index in [-0.39, 0.29) is 12.1 Å². The van der Waals surface area contributed by atoms with E-state index in [0.717, 1.165) is 18.5 Å². The highest BCUT2D eigenvalue weighted by molar-refractivity contribution is 5.89. The SMILES string of the molecule is Cc1ccc(NC(=O)NC2CCCCC2C(=O)O)cn1. The molecule has 3 N–H and O–H groups in total. The molecule has 6 heteroatoms. The highest BCUT2D eigenvalue weighted by Gasteiger charge is 2.31. The van der Waals surface area contributed by atoms with Crippen LogP contribution in [0, 0.1) is 12.8 Å². The number of urea groups is 1. The summed E-state index contributed by atoms with van der Waals surface area (Å²) >= 11 is 0. The normalized spacial score (nSPS) is 22.1. The number of anilines is 1. The van der Waals surface area contributed by atoms with Gasteiger partial charge < -0.3 is 15.7 Å². The molecule has 0 bridgehead atoms. The summed E-state index contributed by atoms with van der Waals surface area (Å²) in [6, 6.07) is 2.88. The van der Waals surface area contributed by atoms with Gasteiger partial charge in [0.25, 0.3) is 0 Å². The number of pyridine rings is 1. The van der Waals surface area contributed by atoms with Crippen LogP contribution < -0.4 is 10.6 Å². The first kappa shape index (κ1) is 14.3. The number of aryl methyl sites for hydroxylation is 1. The van der Waals surface area contributed by atoms with E-state index < -0.39 is 11.9 Å². The van der Waals surface area contributed by atoms with Crippen molar-refractivity contribution in [3.05, 3.63) is 24.0 Å². The molecule has 0 radical (unpaired) electrons. The Labute approximate surface area is 117 Å². The molecule has 1 saturated carbocycles. The molecule has 108 valence electrons. The van der Waals surface area contributed by atoms with Crippen LogP contribution in [0.2, 0.25) is 0 Å². The maximum Gasteiger partial charge on any atom is 0.319 e. The van der Waals surface area contributed by atoms with Gasteiger partial charge in [0.15, 0.2) is 0 Å². The third-order valence-corrected chi connectivity index (χ3v) is 3.57. The molecule has 0 aromatic carbocycles. The molecular weight excluding hydrogens is 258 g/mol. The molecule has 1 aromatic rings. The third kappa shape index (κ3) is 3.69. The quantitative estimate of drug-likeness (QED) is 0.789. The van der Waals surface area contributed by atoms with Crippen molar-refractivity contribution in [2.75, 3.05) is 5.32 Å².